The lowest BCUT2D eigenvalue weighted by atomic mass is 9.79. The molecule has 1 heterocycles. The average molecular weight is 207 g/mol. The van der Waals surface area contributed by atoms with Gasteiger partial charge in [0.05, 0.1) is 6.20 Å². The largest absolute Gasteiger partial charge is 0.323 e. The van der Waals surface area contributed by atoms with Gasteiger partial charge in [0.25, 0.3) is 0 Å². The zero-order valence-electron chi connectivity index (χ0n) is 9.74. The van der Waals surface area contributed by atoms with Crippen molar-refractivity contribution in [2.24, 2.45) is 11.1 Å². The van der Waals surface area contributed by atoms with E-state index in [2.05, 4.69) is 25.1 Å². The van der Waals surface area contributed by atoms with Crippen LogP contribution in [-0.4, -0.2) is 9.78 Å². The van der Waals surface area contributed by atoms with Crippen molar-refractivity contribution in [2.75, 3.05) is 0 Å². The van der Waals surface area contributed by atoms with Gasteiger partial charge in [0.2, 0.25) is 0 Å². The van der Waals surface area contributed by atoms with E-state index < -0.39 is 0 Å². The standard InChI is InChI=1S/C12H21N3/c1-3-15-9-10(8-14-15)11(13)12(2)6-4-5-7-12/h8-9,11H,3-7,13H2,1-2H3. The Balaban J connectivity index is 2.15. The summed E-state index contributed by atoms with van der Waals surface area (Å²) in [5.41, 5.74) is 7.84. The minimum atomic E-state index is 0.153. The summed E-state index contributed by atoms with van der Waals surface area (Å²) >= 11 is 0. The molecule has 1 aliphatic rings. The molecule has 1 aromatic heterocycles. The number of rotatable bonds is 3. The number of nitrogens with two attached hydrogens (primary N) is 1. The Kier molecular flexibility index (Phi) is 2.83. The van der Waals surface area contributed by atoms with Crippen LogP contribution in [0.1, 0.15) is 51.1 Å². The summed E-state index contributed by atoms with van der Waals surface area (Å²) in [6, 6.07) is 0.153. The molecule has 15 heavy (non-hydrogen) atoms. The van der Waals surface area contributed by atoms with Gasteiger partial charge in [0.1, 0.15) is 0 Å². The monoisotopic (exact) mass is 207 g/mol. The molecule has 1 aliphatic carbocycles. The van der Waals surface area contributed by atoms with Crippen LogP contribution in [0, 0.1) is 5.41 Å². The van der Waals surface area contributed by atoms with E-state index in [9.17, 15) is 0 Å². The molecule has 1 saturated carbocycles. The van der Waals surface area contributed by atoms with E-state index in [-0.39, 0.29) is 6.04 Å². The summed E-state index contributed by atoms with van der Waals surface area (Å²) in [6.45, 7) is 5.33. The Morgan fingerprint density at radius 3 is 2.73 bits per heavy atom. The van der Waals surface area contributed by atoms with Crippen molar-refractivity contribution < 1.29 is 0 Å². The topological polar surface area (TPSA) is 43.8 Å². The third-order valence-electron chi connectivity index (χ3n) is 3.83. The quantitative estimate of drug-likeness (QED) is 0.827. The summed E-state index contributed by atoms with van der Waals surface area (Å²) in [6.07, 6.45) is 9.18. The van der Waals surface area contributed by atoms with Gasteiger partial charge in [-0.15, -0.1) is 0 Å². The zero-order valence-corrected chi connectivity index (χ0v) is 9.74. The van der Waals surface area contributed by atoms with Gasteiger partial charge in [-0.2, -0.15) is 5.10 Å². The SMILES string of the molecule is CCn1cc(C(N)C2(C)CCCC2)cn1. The van der Waals surface area contributed by atoms with E-state index in [0.29, 0.717) is 5.41 Å². The Labute approximate surface area is 91.7 Å². The van der Waals surface area contributed by atoms with Crippen LogP contribution in [0.5, 0.6) is 0 Å². The maximum atomic E-state index is 6.35. The minimum Gasteiger partial charge on any atom is -0.323 e. The van der Waals surface area contributed by atoms with Gasteiger partial charge in [-0.3, -0.25) is 4.68 Å². The minimum absolute atomic E-state index is 0.153. The summed E-state index contributed by atoms with van der Waals surface area (Å²) < 4.78 is 1.95. The first-order valence-corrected chi connectivity index (χ1v) is 5.93. The van der Waals surface area contributed by atoms with Crippen molar-refractivity contribution in [1.82, 2.24) is 9.78 Å². The molecule has 0 aliphatic heterocycles. The first kappa shape index (κ1) is 10.7. The number of nitrogens with zero attached hydrogens (tertiary/aromatic N) is 2. The van der Waals surface area contributed by atoms with E-state index in [1.54, 1.807) is 0 Å². The molecule has 2 N–H and O–H groups in total. The summed E-state index contributed by atoms with van der Waals surface area (Å²) in [5.74, 6) is 0. The van der Waals surface area contributed by atoms with Crippen LogP contribution in [0.25, 0.3) is 0 Å². The lowest BCUT2D eigenvalue weighted by Gasteiger charge is -2.30. The van der Waals surface area contributed by atoms with Crippen molar-refractivity contribution in [1.29, 1.82) is 0 Å². The fourth-order valence-corrected chi connectivity index (χ4v) is 2.61. The molecule has 2 rings (SSSR count). The highest BCUT2D eigenvalue weighted by Gasteiger charge is 2.36. The lowest BCUT2D eigenvalue weighted by molar-refractivity contribution is 0.265. The van der Waals surface area contributed by atoms with E-state index in [1.807, 2.05) is 10.9 Å². The molecule has 3 heteroatoms. The van der Waals surface area contributed by atoms with Crippen LogP contribution in [0.4, 0.5) is 0 Å². The third kappa shape index (κ3) is 1.93. The van der Waals surface area contributed by atoms with E-state index in [1.165, 1.54) is 31.2 Å². The molecule has 1 atom stereocenters. The second-order valence-electron chi connectivity index (χ2n) is 4.97. The van der Waals surface area contributed by atoms with Gasteiger partial charge in [0, 0.05) is 24.3 Å². The summed E-state index contributed by atoms with van der Waals surface area (Å²) in [7, 11) is 0. The van der Waals surface area contributed by atoms with Crippen LogP contribution in [0.2, 0.25) is 0 Å². The van der Waals surface area contributed by atoms with E-state index >= 15 is 0 Å². The van der Waals surface area contributed by atoms with Crippen LogP contribution in [0.3, 0.4) is 0 Å². The van der Waals surface area contributed by atoms with Gasteiger partial charge >= 0.3 is 0 Å². The average Bonchev–Trinajstić information content (AvgIpc) is 2.85. The predicted molar refractivity (Wildman–Crippen MR) is 61.4 cm³/mol. The molecule has 0 saturated heterocycles. The molecular weight excluding hydrogens is 186 g/mol. The molecular formula is C12H21N3. The lowest BCUT2D eigenvalue weighted by Crippen LogP contribution is -2.29. The Morgan fingerprint density at radius 2 is 2.20 bits per heavy atom. The second kappa shape index (κ2) is 3.97. The number of hydrogen-bond acceptors (Lipinski definition) is 2. The first-order valence-electron chi connectivity index (χ1n) is 5.93. The molecule has 0 amide bonds. The number of aryl methyl sites for hydroxylation is 1. The van der Waals surface area contributed by atoms with Crippen LogP contribution in [-0.2, 0) is 6.54 Å². The number of hydrogen-bond donors (Lipinski definition) is 1. The van der Waals surface area contributed by atoms with Gasteiger partial charge in [-0.1, -0.05) is 19.8 Å². The second-order valence-corrected chi connectivity index (χ2v) is 4.97. The van der Waals surface area contributed by atoms with Crippen molar-refractivity contribution in [2.45, 2.75) is 52.1 Å². The molecule has 0 aromatic carbocycles. The van der Waals surface area contributed by atoms with Crippen LogP contribution >= 0.6 is 0 Å². The molecule has 0 spiro atoms. The predicted octanol–water partition coefficient (Wildman–Crippen LogP) is 2.48. The van der Waals surface area contributed by atoms with Gasteiger partial charge < -0.3 is 5.73 Å². The highest BCUT2D eigenvalue weighted by molar-refractivity contribution is 5.14. The molecule has 0 bridgehead atoms. The Hall–Kier alpha value is -0.830. The number of aromatic nitrogens is 2. The van der Waals surface area contributed by atoms with Crippen LogP contribution in [0.15, 0.2) is 12.4 Å². The highest BCUT2D eigenvalue weighted by Crippen LogP contribution is 2.45. The fourth-order valence-electron chi connectivity index (χ4n) is 2.61. The smallest absolute Gasteiger partial charge is 0.0537 e. The van der Waals surface area contributed by atoms with E-state index in [0.717, 1.165) is 6.54 Å². The maximum Gasteiger partial charge on any atom is 0.0537 e. The molecule has 1 fully saturated rings. The molecule has 0 radical (unpaired) electrons. The highest BCUT2D eigenvalue weighted by atomic mass is 15.3. The first-order chi connectivity index (χ1) is 7.15. The normalized spacial score (nSPS) is 21.8. The molecule has 1 unspecified atom stereocenters. The van der Waals surface area contributed by atoms with Crippen molar-refractivity contribution in [3.05, 3.63) is 18.0 Å². The zero-order chi connectivity index (χ0) is 10.9. The van der Waals surface area contributed by atoms with Crippen molar-refractivity contribution >= 4 is 0 Å². The molecule has 84 valence electrons. The maximum absolute atomic E-state index is 6.35. The summed E-state index contributed by atoms with van der Waals surface area (Å²) in [4.78, 5) is 0. The van der Waals surface area contributed by atoms with Crippen molar-refractivity contribution in [3.8, 4) is 0 Å². The summed E-state index contributed by atoms with van der Waals surface area (Å²) in [5, 5.41) is 4.29. The Morgan fingerprint density at radius 1 is 1.53 bits per heavy atom. The fraction of sp³-hybridized carbons (Fsp3) is 0.750. The third-order valence-corrected chi connectivity index (χ3v) is 3.83. The van der Waals surface area contributed by atoms with E-state index in [4.69, 9.17) is 5.73 Å². The van der Waals surface area contributed by atoms with Gasteiger partial charge in [-0.05, 0) is 25.2 Å². The van der Waals surface area contributed by atoms with Gasteiger partial charge in [-0.25, -0.2) is 0 Å². The molecule has 1 aromatic rings. The Bertz CT molecular complexity index is 323. The van der Waals surface area contributed by atoms with Crippen molar-refractivity contribution in [3.63, 3.8) is 0 Å². The van der Waals surface area contributed by atoms with Crippen LogP contribution < -0.4 is 5.73 Å². The molecule has 3 nitrogen and oxygen atoms in total. The van der Waals surface area contributed by atoms with Gasteiger partial charge in [0.15, 0.2) is 0 Å².